The van der Waals surface area contributed by atoms with Gasteiger partial charge in [0.05, 0.1) is 0 Å². The molecule has 5 nitrogen and oxygen atoms in total. The molecule has 1 saturated carbocycles. The number of amides is 1. The molecule has 2 aliphatic rings. The minimum atomic E-state index is -0.352. The van der Waals surface area contributed by atoms with Crippen LogP contribution in [0, 0.1) is 5.82 Å². The number of halogens is 1. The summed E-state index contributed by atoms with van der Waals surface area (Å²) in [6.45, 7) is 3.56. The fourth-order valence-electron chi connectivity index (χ4n) is 3.65. The average molecular weight is 357 g/mol. The van der Waals surface area contributed by atoms with Crippen molar-refractivity contribution in [2.24, 2.45) is 0 Å². The van der Waals surface area contributed by atoms with Gasteiger partial charge < -0.3 is 14.6 Å². The first-order valence-electron chi connectivity index (χ1n) is 9.34. The lowest BCUT2D eigenvalue weighted by atomic mass is 9.91. The summed E-state index contributed by atoms with van der Waals surface area (Å²) < 4.78 is 18.9. The Bertz CT molecular complexity index is 772. The van der Waals surface area contributed by atoms with E-state index in [9.17, 15) is 9.18 Å². The number of nitrogens with zero attached hydrogens (tertiary/aromatic N) is 2. The molecule has 0 unspecified atom stereocenters. The van der Waals surface area contributed by atoms with Crippen LogP contribution in [0.3, 0.4) is 0 Å². The molecule has 1 aliphatic heterocycles. The highest BCUT2D eigenvalue weighted by atomic mass is 19.1. The van der Waals surface area contributed by atoms with Crippen molar-refractivity contribution in [3.05, 3.63) is 48.0 Å². The SMILES string of the molecule is O=C(c1cc(Oc2cccc(F)c2)c[nH]1)N1CCCN(C2CCC2)CC1. The molecule has 0 spiro atoms. The van der Waals surface area contributed by atoms with Crippen molar-refractivity contribution >= 4 is 5.91 Å². The van der Waals surface area contributed by atoms with E-state index in [1.807, 2.05) is 4.90 Å². The maximum absolute atomic E-state index is 13.3. The predicted octanol–water partition coefficient (Wildman–Crippen LogP) is 3.65. The number of aromatic nitrogens is 1. The van der Waals surface area contributed by atoms with E-state index < -0.39 is 0 Å². The van der Waals surface area contributed by atoms with E-state index in [4.69, 9.17) is 4.74 Å². The summed E-state index contributed by atoms with van der Waals surface area (Å²) in [6.07, 6.45) is 6.57. The lowest BCUT2D eigenvalue weighted by Crippen LogP contribution is -2.42. The van der Waals surface area contributed by atoms with Crippen LogP contribution in [-0.4, -0.2) is 52.9 Å². The Balaban J connectivity index is 1.38. The number of nitrogens with one attached hydrogen (secondary N) is 1. The molecular formula is C20H24FN3O2. The van der Waals surface area contributed by atoms with Crippen molar-refractivity contribution in [2.75, 3.05) is 26.2 Å². The number of aromatic amines is 1. The van der Waals surface area contributed by atoms with Crippen LogP contribution >= 0.6 is 0 Å². The number of hydrogen-bond acceptors (Lipinski definition) is 3. The molecule has 138 valence electrons. The first-order valence-corrected chi connectivity index (χ1v) is 9.34. The zero-order chi connectivity index (χ0) is 17.9. The van der Waals surface area contributed by atoms with Crippen LogP contribution in [0.4, 0.5) is 4.39 Å². The highest BCUT2D eigenvalue weighted by molar-refractivity contribution is 5.93. The van der Waals surface area contributed by atoms with Gasteiger partial charge in [-0.05, 0) is 31.4 Å². The number of H-pyrrole nitrogens is 1. The smallest absolute Gasteiger partial charge is 0.270 e. The first-order chi connectivity index (χ1) is 12.7. The average Bonchev–Trinajstić information content (AvgIpc) is 2.90. The monoisotopic (exact) mass is 357 g/mol. The number of hydrogen-bond donors (Lipinski definition) is 1. The number of ether oxygens (including phenoxy) is 1. The van der Waals surface area contributed by atoms with Gasteiger partial charge in [0.15, 0.2) is 0 Å². The van der Waals surface area contributed by atoms with Gasteiger partial charge in [-0.3, -0.25) is 9.69 Å². The number of carbonyl (C=O) groups excluding carboxylic acids is 1. The van der Waals surface area contributed by atoms with E-state index in [0.717, 1.165) is 38.6 Å². The quantitative estimate of drug-likeness (QED) is 0.909. The van der Waals surface area contributed by atoms with Crippen molar-refractivity contribution < 1.29 is 13.9 Å². The third kappa shape index (κ3) is 3.75. The molecular weight excluding hydrogens is 333 g/mol. The van der Waals surface area contributed by atoms with E-state index >= 15 is 0 Å². The number of rotatable bonds is 4. The van der Waals surface area contributed by atoms with Crippen LogP contribution in [0.5, 0.6) is 11.5 Å². The Morgan fingerprint density at radius 3 is 2.73 bits per heavy atom. The van der Waals surface area contributed by atoms with Crippen LogP contribution in [-0.2, 0) is 0 Å². The second-order valence-corrected chi connectivity index (χ2v) is 7.07. The molecule has 1 amide bonds. The molecule has 1 saturated heterocycles. The molecule has 0 bridgehead atoms. The van der Waals surface area contributed by atoms with Crippen molar-refractivity contribution in [1.82, 2.24) is 14.8 Å². The van der Waals surface area contributed by atoms with Crippen LogP contribution < -0.4 is 4.74 Å². The van der Waals surface area contributed by atoms with E-state index in [2.05, 4.69) is 9.88 Å². The van der Waals surface area contributed by atoms with Gasteiger partial charge >= 0.3 is 0 Å². The molecule has 6 heteroatoms. The predicted molar refractivity (Wildman–Crippen MR) is 97.0 cm³/mol. The Hall–Kier alpha value is -2.34. The maximum atomic E-state index is 13.3. The van der Waals surface area contributed by atoms with Gasteiger partial charge in [0.2, 0.25) is 0 Å². The lowest BCUT2D eigenvalue weighted by Gasteiger charge is -2.36. The molecule has 1 N–H and O–H groups in total. The van der Waals surface area contributed by atoms with E-state index in [0.29, 0.717) is 17.2 Å². The summed E-state index contributed by atoms with van der Waals surface area (Å²) in [5.41, 5.74) is 0.508. The van der Waals surface area contributed by atoms with E-state index in [1.54, 1.807) is 24.4 Å². The van der Waals surface area contributed by atoms with Gasteiger partial charge in [-0.2, -0.15) is 0 Å². The maximum Gasteiger partial charge on any atom is 0.270 e. The second kappa shape index (κ2) is 7.50. The second-order valence-electron chi connectivity index (χ2n) is 7.07. The highest BCUT2D eigenvalue weighted by Crippen LogP contribution is 2.26. The normalized spacial score (nSPS) is 19.0. The summed E-state index contributed by atoms with van der Waals surface area (Å²) in [6, 6.07) is 8.36. The molecule has 1 aliphatic carbocycles. The highest BCUT2D eigenvalue weighted by Gasteiger charge is 2.28. The Labute approximate surface area is 152 Å². The van der Waals surface area contributed by atoms with Crippen molar-refractivity contribution in [2.45, 2.75) is 31.7 Å². The third-order valence-electron chi connectivity index (χ3n) is 5.33. The largest absolute Gasteiger partial charge is 0.456 e. The molecule has 2 aromatic rings. The van der Waals surface area contributed by atoms with Gasteiger partial charge in [0.25, 0.3) is 5.91 Å². The summed E-state index contributed by atoms with van der Waals surface area (Å²) >= 11 is 0. The first kappa shape index (κ1) is 17.1. The molecule has 4 rings (SSSR count). The topological polar surface area (TPSA) is 48.6 Å². The zero-order valence-electron chi connectivity index (χ0n) is 14.8. The van der Waals surface area contributed by atoms with E-state index in [-0.39, 0.29) is 11.7 Å². The van der Waals surface area contributed by atoms with Gasteiger partial charge in [-0.15, -0.1) is 0 Å². The van der Waals surface area contributed by atoms with Gasteiger partial charge in [-0.1, -0.05) is 12.5 Å². The fraction of sp³-hybridized carbons (Fsp3) is 0.450. The van der Waals surface area contributed by atoms with Crippen molar-refractivity contribution in [1.29, 1.82) is 0 Å². The lowest BCUT2D eigenvalue weighted by molar-refractivity contribution is 0.0744. The number of benzene rings is 1. The molecule has 26 heavy (non-hydrogen) atoms. The Morgan fingerprint density at radius 1 is 1.08 bits per heavy atom. The van der Waals surface area contributed by atoms with Gasteiger partial charge in [0.1, 0.15) is 23.0 Å². The molecule has 1 aromatic heterocycles. The van der Waals surface area contributed by atoms with Gasteiger partial charge in [0, 0.05) is 50.6 Å². The molecule has 2 heterocycles. The number of carbonyl (C=O) groups is 1. The van der Waals surface area contributed by atoms with Crippen LogP contribution in [0.25, 0.3) is 0 Å². The summed E-state index contributed by atoms with van der Waals surface area (Å²) in [7, 11) is 0. The van der Waals surface area contributed by atoms with Crippen LogP contribution in [0.2, 0.25) is 0 Å². The minimum absolute atomic E-state index is 0.00504. The molecule has 2 fully saturated rings. The summed E-state index contributed by atoms with van der Waals surface area (Å²) in [4.78, 5) is 20.2. The van der Waals surface area contributed by atoms with Crippen LogP contribution in [0.1, 0.15) is 36.2 Å². The Kier molecular flexibility index (Phi) is 4.93. The molecule has 0 radical (unpaired) electrons. The Morgan fingerprint density at radius 2 is 1.96 bits per heavy atom. The zero-order valence-corrected chi connectivity index (χ0v) is 14.8. The molecule has 0 atom stereocenters. The van der Waals surface area contributed by atoms with Crippen LogP contribution in [0.15, 0.2) is 36.5 Å². The minimum Gasteiger partial charge on any atom is -0.456 e. The third-order valence-corrected chi connectivity index (χ3v) is 5.33. The fourth-order valence-corrected chi connectivity index (χ4v) is 3.65. The standard InChI is InChI=1S/C20H24FN3O2/c21-15-4-1-7-17(12-15)26-18-13-19(22-14-18)20(25)24-9-3-8-23(10-11-24)16-5-2-6-16/h1,4,7,12-14,16,22H,2-3,5-6,8-11H2. The summed E-state index contributed by atoms with van der Waals surface area (Å²) in [5.74, 6) is 0.559. The van der Waals surface area contributed by atoms with E-state index in [1.165, 1.54) is 31.4 Å². The van der Waals surface area contributed by atoms with Crippen molar-refractivity contribution in [3.63, 3.8) is 0 Å². The molecule has 1 aromatic carbocycles. The van der Waals surface area contributed by atoms with Crippen molar-refractivity contribution in [3.8, 4) is 11.5 Å². The summed E-state index contributed by atoms with van der Waals surface area (Å²) in [5, 5.41) is 0. The van der Waals surface area contributed by atoms with Gasteiger partial charge in [-0.25, -0.2) is 4.39 Å².